The van der Waals surface area contributed by atoms with Crippen molar-refractivity contribution in [3.63, 3.8) is 0 Å². The van der Waals surface area contributed by atoms with Gasteiger partial charge in [-0.15, -0.1) is 0 Å². The van der Waals surface area contributed by atoms with Crippen LogP contribution in [-0.4, -0.2) is 12.2 Å². The van der Waals surface area contributed by atoms with E-state index in [-0.39, 0.29) is 11.0 Å². The van der Waals surface area contributed by atoms with Crippen molar-refractivity contribution in [3.8, 4) is 0 Å². The summed E-state index contributed by atoms with van der Waals surface area (Å²) in [5.74, 6) is 0. The Kier molecular flexibility index (Phi) is 4.46. The smallest absolute Gasteiger partial charge is 0.0882 e. The molecule has 0 fully saturated rings. The molecule has 0 heterocycles. The van der Waals surface area contributed by atoms with Gasteiger partial charge in [-0.3, -0.25) is 0 Å². The molecule has 14 heavy (non-hydrogen) atoms. The Labute approximate surface area is 87.5 Å². The normalized spacial score (nSPS) is 14.5. The van der Waals surface area contributed by atoms with Crippen LogP contribution in [0.25, 0.3) is 0 Å². The molecule has 0 saturated carbocycles. The van der Waals surface area contributed by atoms with Gasteiger partial charge in [0.05, 0.1) is 17.9 Å². The summed E-state index contributed by atoms with van der Waals surface area (Å²) in [7, 11) is 0. The van der Waals surface area contributed by atoms with Gasteiger partial charge in [-0.25, -0.2) is 0 Å². The lowest BCUT2D eigenvalue weighted by atomic mass is 9.75. The summed E-state index contributed by atoms with van der Waals surface area (Å²) < 4.78 is 5.76. The minimum absolute atomic E-state index is 0.127. The second kappa shape index (κ2) is 4.69. The van der Waals surface area contributed by atoms with E-state index in [0.29, 0.717) is 12.3 Å². The van der Waals surface area contributed by atoms with Crippen LogP contribution >= 0.6 is 0 Å². The van der Waals surface area contributed by atoms with Crippen LogP contribution in [0, 0.1) is 5.41 Å². The van der Waals surface area contributed by atoms with E-state index in [0.717, 1.165) is 6.42 Å². The average molecular weight is 200 g/mol. The summed E-state index contributed by atoms with van der Waals surface area (Å²) in [4.78, 5) is 0. The van der Waals surface area contributed by atoms with Gasteiger partial charge in [-0.05, 0) is 25.7 Å². The molecule has 3 nitrogen and oxygen atoms in total. The molecule has 0 unspecified atom stereocenters. The molecular formula is C11H24N2O. The van der Waals surface area contributed by atoms with E-state index in [1.54, 1.807) is 0 Å². The Morgan fingerprint density at radius 3 is 2.14 bits per heavy atom. The Bertz CT molecular complexity index is 207. The summed E-state index contributed by atoms with van der Waals surface area (Å²) in [6, 6.07) is 0. The molecule has 0 spiro atoms. The molecule has 84 valence electrons. The Hall–Kier alpha value is -0.700. The molecule has 0 amide bonds. The molecule has 3 heteroatoms. The SMILES string of the molecule is CCC(C)(C)C(C)(C)OC/C(N)=C/N. The van der Waals surface area contributed by atoms with Crippen LogP contribution in [0.2, 0.25) is 0 Å². The zero-order valence-corrected chi connectivity index (χ0v) is 10.1. The number of hydrogen-bond donors (Lipinski definition) is 2. The van der Waals surface area contributed by atoms with Crippen LogP contribution in [0.1, 0.15) is 41.0 Å². The summed E-state index contributed by atoms with van der Waals surface area (Å²) in [6.45, 7) is 11.1. The van der Waals surface area contributed by atoms with E-state index in [2.05, 4.69) is 34.6 Å². The monoisotopic (exact) mass is 200 g/mol. The molecule has 0 saturated heterocycles. The highest BCUT2D eigenvalue weighted by Crippen LogP contribution is 2.36. The fourth-order valence-corrected chi connectivity index (χ4v) is 0.933. The molecule has 0 radical (unpaired) electrons. The lowest BCUT2D eigenvalue weighted by Crippen LogP contribution is -2.42. The van der Waals surface area contributed by atoms with Gasteiger partial charge in [0.2, 0.25) is 0 Å². The maximum Gasteiger partial charge on any atom is 0.0882 e. The van der Waals surface area contributed by atoms with Gasteiger partial charge in [0.1, 0.15) is 0 Å². The number of nitrogens with two attached hydrogens (primary N) is 2. The Morgan fingerprint density at radius 2 is 1.79 bits per heavy atom. The van der Waals surface area contributed by atoms with Crippen molar-refractivity contribution in [2.24, 2.45) is 16.9 Å². The van der Waals surface area contributed by atoms with Crippen molar-refractivity contribution < 1.29 is 4.74 Å². The molecule has 0 rings (SSSR count). The Morgan fingerprint density at radius 1 is 1.29 bits per heavy atom. The summed E-state index contributed by atoms with van der Waals surface area (Å²) in [5.41, 5.74) is 11.4. The third kappa shape index (κ3) is 3.22. The van der Waals surface area contributed by atoms with Gasteiger partial charge in [-0.1, -0.05) is 20.8 Å². The van der Waals surface area contributed by atoms with E-state index in [4.69, 9.17) is 16.2 Å². The second-order valence-corrected chi connectivity index (χ2v) is 4.78. The predicted molar refractivity (Wildman–Crippen MR) is 60.6 cm³/mol. The van der Waals surface area contributed by atoms with E-state index >= 15 is 0 Å². The Balaban J connectivity index is 4.34. The van der Waals surface area contributed by atoms with Gasteiger partial charge < -0.3 is 16.2 Å². The lowest BCUT2D eigenvalue weighted by molar-refractivity contribution is -0.0906. The van der Waals surface area contributed by atoms with Crippen LogP contribution in [0.4, 0.5) is 0 Å². The van der Waals surface area contributed by atoms with Gasteiger partial charge in [0.15, 0.2) is 0 Å². The molecule has 0 atom stereocenters. The molecular weight excluding hydrogens is 176 g/mol. The number of hydrogen-bond acceptors (Lipinski definition) is 3. The first-order valence-electron chi connectivity index (χ1n) is 5.07. The molecule has 0 aromatic carbocycles. The average Bonchev–Trinajstić information content (AvgIpc) is 2.13. The molecule has 0 aliphatic carbocycles. The third-order valence-electron chi connectivity index (χ3n) is 3.33. The van der Waals surface area contributed by atoms with E-state index in [1.807, 2.05) is 0 Å². The maximum absolute atomic E-state index is 5.76. The van der Waals surface area contributed by atoms with E-state index in [9.17, 15) is 0 Å². The zero-order chi connectivity index (χ0) is 11.4. The number of ether oxygens (including phenoxy) is 1. The van der Waals surface area contributed by atoms with Crippen LogP contribution in [0.5, 0.6) is 0 Å². The van der Waals surface area contributed by atoms with Crippen LogP contribution < -0.4 is 11.5 Å². The molecule has 4 N–H and O–H groups in total. The van der Waals surface area contributed by atoms with Crippen LogP contribution in [-0.2, 0) is 4.74 Å². The molecule has 0 aliphatic rings. The number of rotatable bonds is 5. The summed E-state index contributed by atoms with van der Waals surface area (Å²) in [6.07, 6.45) is 2.45. The fourth-order valence-electron chi connectivity index (χ4n) is 0.933. The minimum atomic E-state index is -0.199. The lowest BCUT2D eigenvalue weighted by Gasteiger charge is -2.41. The first kappa shape index (κ1) is 13.3. The van der Waals surface area contributed by atoms with Crippen molar-refractivity contribution in [1.82, 2.24) is 0 Å². The predicted octanol–water partition coefficient (Wildman–Crippen LogP) is 1.98. The zero-order valence-electron chi connectivity index (χ0n) is 10.1. The molecule has 0 bridgehead atoms. The molecule has 0 aromatic heterocycles. The first-order chi connectivity index (χ1) is 6.27. The van der Waals surface area contributed by atoms with Crippen molar-refractivity contribution in [3.05, 3.63) is 11.9 Å². The van der Waals surface area contributed by atoms with Crippen molar-refractivity contribution in [1.29, 1.82) is 0 Å². The maximum atomic E-state index is 5.76. The minimum Gasteiger partial charge on any atom is -0.403 e. The van der Waals surface area contributed by atoms with Gasteiger partial charge in [0, 0.05) is 6.20 Å². The molecule has 0 aliphatic heterocycles. The fraction of sp³-hybridized carbons (Fsp3) is 0.818. The second-order valence-electron chi connectivity index (χ2n) is 4.78. The molecule has 0 aromatic rings. The van der Waals surface area contributed by atoms with Gasteiger partial charge >= 0.3 is 0 Å². The van der Waals surface area contributed by atoms with Crippen molar-refractivity contribution in [2.45, 2.75) is 46.6 Å². The summed E-state index contributed by atoms with van der Waals surface area (Å²) in [5, 5.41) is 0. The quantitative estimate of drug-likeness (QED) is 0.713. The van der Waals surface area contributed by atoms with E-state index in [1.165, 1.54) is 6.20 Å². The van der Waals surface area contributed by atoms with Crippen LogP contribution in [0.15, 0.2) is 11.9 Å². The van der Waals surface area contributed by atoms with Gasteiger partial charge in [-0.2, -0.15) is 0 Å². The van der Waals surface area contributed by atoms with Crippen LogP contribution in [0.3, 0.4) is 0 Å². The largest absolute Gasteiger partial charge is 0.403 e. The topological polar surface area (TPSA) is 61.3 Å². The van der Waals surface area contributed by atoms with Crippen molar-refractivity contribution >= 4 is 0 Å². The third-order valence-corrected chi connectivity index (χ3v) is 3.33. The summed E-state index contributed by atoms with van der Waals surface area (Å²) >= 11 is 0. The van der Waals surface area contributed by atoms with Crippen molar-refractivity contribution in [2.75, 3.05) is 6.61 Å². The standard InChI is InChI=1S/C11H24N2O/c1-6-10(2,3)11(4,5)14-8-9(13)7-12/h7H,6,8,12-13H2,1-5H3/b9-7-. The first-order valence-corrected chi connectivity index (χ1v) is 5.07. The van der Waals surface area contributed by atoms with E-state index < -0.39 is 0 Å². The highest BCUT2D eigenvalue weighted by atomic mass is 16.5. The highest BCUT2D eigenvalue weighted by Gasteiger charge is 2.36. The highest BCUT2D eigenvalue weighted by molar-refractivity contribution is 4.95. The van der Waals surface area contributed by atoms with Gasteiger partial charge in [0.25, 0.3) is 0 Å².